The first kappa shape index (κ1) is 22.6. The molecule has 1 atom stereocenters. The maximum Gasteiger partial charge on any atom is 0.264 e. The van der Waals surface area contributed by atoms with Gasteiger partial charge >= 0.3 is 0 Å². The molecule has 2 aliphatic rings. The van der Waals surface area contributed by atoms with Gasteiger partial charge in [-0.05, 0) is 44.3 Å². The summed E-state index contributed by atoms with van der Waals surface area (Å²) in [6.45, 7) is 5.59. The maximum atomic E-state index is 13.3. The Balaban J connectivity index is 1.40. The van der Waals surface area contributed by atoms with E-state index < -0.39 is 16.1 Å². The van der Waals surface area contributed by atoms with Crippen LogP contribution in [0.3, 0.4) is 0 Å². The molecule has 1 N–H and O–H groups in total. The van der Waals surface area contributed by atoms with Gasteiger partial charge in [0.1, 0.15) is 5.75 Å². The van der Waals surface area contributed by atoms with Crippen molar-refractivity contribution in [1.82, 2.24) is 15.1 Å². The van der Waals surface area contributed by atoms with Crippen molar-refractivity contribution >= 4 is 21.6 Å². The van der Waals surface area contributed by atoms with E-state index in [1.54, 1.807) is 54.6 Å². The number of rotatable bonds is 7. The molecule has 0 unspecified atom stereocenters. The lowest BCUT2D eigenvalue weighted by molar-refractivity contribution is -0.127. The minimum Gasteiger partial charge on any atom is -0.476 e. The zero-order valence-electron chi connectivity index (χ0n) is 18.3. The number of sulfonamides is 1. The van der Waals surface area contributed by atoms with Crippen molar-refractivity contribution in [1.29, 1.82) is 0 Å². The molecule has 0 radical (unpaired) electrons. The topological polar surface area (TPSA) is 82.2 Å². The zero-order valence-corrected chi connectivity index (χ0v) is 19.1. The van der Waals surface area contributed by atoms with Crippen molar-refractivity contribution in [2.24, 2.45) is 0 Å². The third kappa shape index (κ3) is 5.06. The van der Waals surface area contributed by atoms with Gasteiger partial charge in [-0.3, -0.25) is 9.10 Å². The monoisotopic (exact) mass is 458 g/mol. The SMILES string of the molecule is CN1CCN(CCCNC(=O)[C@H]2CN(S(=O)(=O)c3ccccc3)c3ccccc3O2)CC1. The molecule has 1 amide bonds. The molecule has 0 bridgehead atoms. The molecule has 0 spiro atoms. The Hall–Kier alpha value is -2.62. The molecule has 2 aromatic carbocycles. The highest BCUT2D eigenvalue weighted by atomic mass is 32.2. The van der Waals surface area contributed by atoms with Crippen molar-refractivity contribution in [3.63, 3.8) is 0 Å². The van der Waals surface area contributed by atoms with Crippen LogP contribution in [0, 0.1) is 0 Å². The van der Waals surface area contributed by atoms with Gasteiger partial charge in [-0.2, -0.15) is 0 Å². The molecule has 0 aliphatic carbocycles. The number of likely N-dealkylation sites (N-methyl/N-ethyl adjacent to an activating group) is 1. The summed E-state index contributed by atoms with van der Waals surface area (Å²) in [4.78, 5) is 17.7. The van der Waals surface area contributed by atoms with Crippen molar-refractivity contribution in [2.45, 2.75) is 17.4 Å². The fourth-order valence-electron chi connectivity index (χ4n) is 3.99. The summed E-state index contributed by atoms with van der Waals surface area (Å²) in [7, 11) is -1.70. The molecular formula is C23H30N4O4S. The van der Waals surface area contributed by atoms with Gasteiger partial charge in [0, 0.05) is 32.7 Å². The van der Waals surface area contributed by atoms with Crippen LogP contribution in [0.2, 0.25) is 0 Å². The molecule has 32 heavy (non-hydrogen) atoms. The Morgan fingerprint density at radius 1 is 1.03 bits per heavy atom. The molecule has 0 aromatic heterocycles. The van der Waals surface area contributed by atoms with Gasteiger partial charge in [-0.15, -0.1) is 0 Å². The number of fused-ring (bicyclic) bond motifs is 1. The van der Waals surface area contributed by atoms with Gasteiger partial charge in [0.2, 0.25) is 0 Å². The third-order valence-electron chi connectivity index (χ3n) is 5.90. The van der Waals surface area contributed by atoms with Crippen LogP contribution < -0.4 is 14.4 Å². The molecular weight excluding hydrogens is 428 g/mol. The molecule has 172 valence electrons. The largest absolute Gasteiger partial charge is 0.476 e. The molecule has 1 saturated heterocycles. The highest BCUT2D eigenvalue weighted by Gasteiger charge is 2.37. The lowest BCUT2D eigenvalue weighted by atomic mass is 10.2. The Kier molecular flexibility index (Phi) is 6.98. The number of nitrogens with one attached hydrogen (secondary N) is 1. The summed E-state index contributed by atoms with van der Waals surface area (Å²) < 4.78 is 33.8. The highest BCUT2D eigenvalue weighted by Crippen LogP contribution is 2.36. The van der Waals surface area contributed by atoms with Crippen LogP contribution in [-0.4, -0.2) is 83.1 Å². The molecule has 2 heterocycles. The summed E-state index contributed by atoms with van der Waals surface area (Å²) in [5.74, 6) is 0.0852. The second kappa shape index (κ2) is 9.89. The predicted octanol–water partition coefficient (Wildman–Crippen LogP) is 1.40. The number of benzene rings is 2. The van der Waals surface area contributed by atoms with E-state index in [0.29, 0.717) is 18.0 Å². The van der Waals surface area contributed by atoms with Crippen LogP contribution in [-0.2, 0) is 14.8 Å². The van der Waals surface area contributed by atoms with Crippen LogP contribution in [0.15, 0.2) is 59.5 Å². The number of ether oxygens (including phenoxy) is 1. The van der Waals surface area contributed by atoms with Crippen molar-refractivity contribution in [2.75, 3.05) is 57.2 Å². The smallest absolute Gasteiger partial charge is 0.264 e. The van der Waals surface area contributed by atoms with Gasteiger partial charge < -0.3 is 19.9 Å². The van der Waals surface area contributed by atoms with E-state index >= 15 is 0 Å². The number of anilines is 1. The van der Waals surface area contributed by atoms with Crippen LogP contribution in [0.1, 0.15) is 6.42 Å². The van der Waals surface area contributed by atoms with E-state index in [0.717, 1.165) is 39.1 Å². The van der Waals surface area contributed by atoms with Gasteiger partial charge in [0.25, 0.3) is 15.9 Å². The Morgan fingerprint density at radius 2 is 1.72 bits per heavy atom. The third-order valence-corrected chi connectivity index (χ3v) is 7.70. The number of carbonyl (C=O) groups is 1. The number of carbonyl (C=O) groups excluding carboxylic acids is 1. The Bertz CT molecular complexity index is 1020. The summed E-state index contributed by atoms with van der Waals surface area (Å²) in [6, 6.07) is 15.2. The minimum atomic E-state index is -3.82. The molecule has 4 rings (SSSR count). The predicted molar refractivity (Wildman–Crippen MR) is 123 cm³/mol. The standard InChI is InChI=1S/C23H30N4O4S/c1-25-14-16-26(17-15-25)13-7-12-24-23(28)22-18-27(20-10-5-6-11-21(20)31-22)32(29,30)19-8-3-2-4-9-19/h2-6,8-11,22H,7,12-18H2,1H3,(H,24,28)/t22-/m1/s1. The van der Waals surface area contributed by atoms with Crippen LogP contribution in [0.25, 0.3) is 0 Å². The lowest BCUT2D eigenvalue weighted by Crippen LogP contribution is -2.51. The fraction of sp³-hybridized carbons (Fsp3) is 0.435. The first-order valence-electron chi connectivity index (χ1n) is 11.0. The Labute approximate surface area is 189 Å². The molecule has 1 fully saturated rings. The summed E-state index contributed by atoms with van der Waals surface area (Å²) in [6.07, 6.45) is -0.0721. The van der Waals surface area contributed by atoms with Gasteiger partial charge in [0.15, 0.2) is 6.10 Å². The van der Waals surface area contributed by atoms with Gasteiger partial charge in [-0.1, -0.05) is 30.3 Å². The maximum absolute atomic E-state index is 13.3. The summed E-state index contributed by atoms with van der Waals surface area (Å²) >= 11 is 0. The highest BCUT2D eigenvalue weighted by molar-refractivity contribution is 7.92. The van der Waals surface area contributed by atoms with Gasteiger partial charge in [0.05, 0.1) is 17.1 Å². The normalized spacial score (nSPS) is 19.8. The van der Waals surface area contributed by atoms with Crippen molar-refractivity contribution in [3.05, 3.63) is 54.6 Å². The number of para-hydroxylation sites is 2. The van der Waals surface area contributed by atoms with E-state index in [1.165, 1.54) is 4.31 Å². The van der Waals surface area contributed by atoms with E-state index in [-0.39, 0.29) is 17.3 Å². The number of hydrogen-bond acceptors (Lipinski definition) is 6. The van der Waals surface area contributed by atoms with Crippen molar-refractivity contribution in [3.8, 4) is 5.75 Å². The molecule has 9 heteroatoms. The molecule has 2 aliphatic heterocycles. The number of nitrogens with zero attached hydrogens (tertiary/aromatic N) is 3. The van der Waals surface area contributed by atoms with Gasteiger partial charge in [-0.25, -0.2) is 8.42 Å². The quantitative estimate of drug-likeness (QED) is 0.632. The van der Waals surface area contributed by atoms with E-state index in [1.807, 2.05) is 0 Å². The molecule has 0 saturated carbocycles. The van der Waals surface area contributed by atoms with Crippen molar-refractivity contribution < 1.29 is 17.9 Å². The second-order valence-corrected chi connectivity index (χ2v) is 10.1. The Morgan fingerprint density at radius 3 is 2.47 bits per heavy atom. The molecule has 2 aromatic rings. The van der Waals surface area contributed by atoms with Crippen LogP contribution in [0.5, 0.6) is 5.75 Å². The number of piperazine rings is 1. The fourth-order valence-corrected chi connectivity index (χ4v) is 5.48. The minimum absolute atomic E-state index is 0.0709. The molecule has 8 nitrogen and oxygen atoms in total. The van der Waals surface area contributed by atoms with E-state index in [9.17, 15) is 13.2 Å². The average molecular weight is 459 g/mol. The summed E-state index contributed by atoms with van der Waals surface area (Å²) in [5.41, 5.74) is 0.440. The van der Waals surface area contributed by atoms with Crippen LogP contribution >= 0.6 is 0 Å². The number of hydrogen-bond donors (Lipinski definition) is 1. The first-order chi connectivity index (χ1) is 15.4. The number of amides is 1. The first-order valence-corrected chi connectivity index (χ1v) is 12.4. The zero-order chi connectivity index (χ0) is 22.6. The second-order valence-electron chi connectivity index (χ2n) is 8.21. The van der Waals surface area contributed by atoms with Crippen LogP contribution in [0.4, 0.5) is 5.69 Å². The lowest BCUT2D eigenvalue weighted by Gasteiger charge is -2.35. The average Bonchev–Trinajstić information content (AvgIpc) is 2.82. The summed E-state index contributed by atoms with van der Waals surface area (Å²) in [5, 5.41) is 2.92. The van der Waals surface area contributed by atoms with E-state index in [4.69, 9.17) is 4.74 Å². The van der Waals surface area contributed by atoms with E-state index in [2.05, 4.69) is 22.2 Å².